The summed E-state index contributed by atoms with van der Waals surface area (Å²) in [6.45, 7) is 0. The molecule has 1 unspecified atom stereocenters. The number of carbonyl (C=O) groups excluding carboxylic acids is 1. The molecule has 0 fully saturated rings. The number of amides is 1. The maximum atomic E-state index is 12.8. The molecule has 1 amide bonds. The molecule has 26 heavy (non-hydrogen) atoms. The lowest BCUT2D eigenvalue weighted by atomic mass is 10.0. The van der Waals surface area contributed by atoms with Crippen LogP contribution in [0.25, 0.3) is 0 Å². The van der Waals surface area contributed by atoms with Crippen LogP contribution in [0.15, 0.2) is 54.9 Å². The van der Waals surface area contributed by atoms with Gasteiger partial charge >= 0.3 is 0 Å². The first-order valence-electron chi connectivity index (χ1n) is 7.86. The van der Waals surface area contributed by atoms with Gasteiger partial charge in [0.15, 0.2) is 0 Å². The second-order valence-corrected chi connectivity index (χ2v) is 6.52. The lowest BCUT2D eigenvalue weighted by Gasteiger charge is -2.20. The van der Waals surface area contributed by atoms with Crippen molar-refractivity contribution in [1.29, 1.82) is 0 Å². The summed E-state index contributed by atoms with van der Waals surface area (Å²) in [5, 5.41) is 3.74. The number of nitrogens with zero attached hydrogens (tertiary/aromatic N) is 2. The smallest absolute Gasteiger partial charge is 0.252 e. The van der Waals surface area contributed by atoms with Gasteiger partial charge in [-0.2, -0.15) is 0 Å². The van der Waals surface area contributed by atoms with Gasteiger partial charge in [0, 0.05) is 25.0 Å². The van der Waals surface area contributed by atoms with Crippen molar-refractivity contribution in [2.75, 3.05) is 7.11 Å². The first kappa shape index (κ1) is 18.3. The van der Waals surface area contributed by atoms with E-state index in [1.54, 1.807) is 31.5 Å². The fourth-order valence-corrected chi connectivity index (χ4v) is 2.92. The van der Waals surface area contributed by atoms with Crippen LogP contribution in [-0.2, 0) is 7.05 Å². The van der Waals surface area contributed by atoms with Gasteiger partial charge in [-0.1, -0.05) is 35.3 Å². The minimum absolute atomic E-state index is 0.278. The molecule has 1 aromatic heterocycles. The molecular weight excluding hydrogens is 373 g/mol. The van der Waals surface area contributed by atoms with E-state index in [0.717, 1.165) is 5.56 Å². The van der Waals surface area contributed by atoms with Crippen LogP contribution >= 0.6 is 23.2 Å². The third-order valence-electron chi connectivity index (χ3n) is 4.00. The zero-order chi connectivity index (χ0) is 18.7. The van der Waals surface area contributed by atoms with Gasteiger partial charge in [0.1, 0.15) is 17.6 Å². The van der Waals surface area contributed by atoms with Gasteiger partial charge < -0.3 is 14.6 Å². The monoisotopic (exact) mass is 389 g/mol. The zero-order valence-corrected chi connectivity index (χ0v) is 15.8. The van der Waals surface area contributed by atoms with Crippen molar-refractivity contribution in [3.63, 3.8) is 0 Å². The summed E-state index contributed by atoms with van der Waals surface area (Å²) < 4.78 is 7.16. The van der Waals surface area contributed by atoms with Crippen molar-refractivity contribution >= 4 is 29.1 Å². The van der Waals surface area contributed by atoms with E-state index < -0.39 is 6.04 Å². The highest BCUT2D eigenvalue weighted by molar-refractivity contribution is 6.42. The average Bonchev–Trinajstić information content (AvgIpc) is 3.07. The van der Waals surface area contributed by atoms with Crippen LogP contribution in [0.1, 0.15) is 27.8 Å². The molecule has 0 saturated heterocycles. The fourth-order valence-electron chi connectivity index (χ4n) is 2.63. The highest BCUT2D eigenvalue weighted by atomic mass is 35.5. The minimum atomic E-state index is -0.452. The van der Waals surface area contributed by atoms with E-state index in [1.165, 1.54) is 0 Å². The van der Waals surface area contributed by atoms with E-state index in [0.29, 0.717) is 27.2 Å². The first-order chi connectivity index (χ1) is 12.5. The molecule has 3 aromatic rings. The second-order valence-electron chi connectivity index (χ2n) is 5.71. The number of hydrogen-bond donors (Lipinski definition) is 1. The van der Waals surface area contributed by atoms with Gasteiger partial charge in [-0.15, -0.1) is 0 Å². The maximum Gasteiger partial charge on any atom is 0.252 e. The third kappa shape index (κ3) is 3.84. The molecule has 0 aliphatic carbocycles. The van der Waals surface area contributed by atoms with Crippen LogP contribution in [0.5, 0.6) is 5.75 Å². The molecule has 2 aromatic carbocycles. The zero-order valence-electron chi connectivity index (χ0n) is 14.2. The summed E-state index contributed by atoms with van der Waals surface area (Å²) in [6, 6.07) is 11.8. The summed E-state index contributed by atoms with van der Waals surface area (Å²) in [5.41, 5.74) is 1.27. The number of hydrogen-bond acceptors (Lipinski definition) is 3. The van der Waals surface area contributed by atoms with Crippen LogP contribution in [0.2, 0.25) is 10.0 Å². The SMILES string of the molecule is COc1cccc(C(NC(=O)c2ccc(Cl)c(Cl)c2)c2nccn2C)c1. The average molecular weight is 390 g/mol. The molecule has 1 N–H and O–H groups in total. The normalized spacial score (nSPS) is 11.8. The Morgan fingerprint density at radius 2 is 2.00 bits per heavy atom. The van der Waals surface area contributed by atoms with E-state index >= 15 is 0 Å². The number of nitrogens with one attached hydrogen (secondary N) is 1. The minimum Gasteiger partial charge on any atom is -0.497 e. The van der Waals surface area contributed by atoms with Crippen molar-refractivity contribution in [1.82, 2.24) is 14.9 Å². The Kier molecular flexibility index (Phi) is 5.49. The lowest BCUT2D eigenvalue weighted by Crippen LogP contribution is -2.31. The summed E-state index contributed by atoms with van der Waals surface area (Å²) in [5.74, 6) is 1.12. The molecule has 134 valence electrons. The third-order valence-corrected chi connectivity index (χ3v) is 4.74. The van der Waals surface area contributed by atoms with Gasteiger partial charge in [-0.25, -0.2) is 4.98 Å². The number of ether oxygens (including phenoxy) is 1. The molecule has 0 bridgehead atoms. The van der Waals surface area contributed by atoms with Gasteiger partial charge in [0.25, 0.3) is 5.91 Å². The van der Waals surface area contributed by atoms with E-state index in [2.05, 4.69) is 10.3 Å². The van der Waals surface area contributed by atoms with Crippen LogP contribution in [0.3, 0.4) is 0 Å². The van der Waals surface area contributed by atoms with E-state index in [4.69, 9.17) is 27.9 Å². The predicted octanol–water partition coefficient (Wildman–Crippen LogP) is 4.25. The second kappa shape index (κ2) is 7.81. The summed E-state index contributed by atoms with van der Waals surface area (Å²) in [7, 11) is 3.48. The van der Waals surface area contributed by atoms with Crippen LogP contribution in [0, 0.1) is 0 Å². The Bertz CT molecular complexity index is 940. The number of benzene rings is 2. The predicted molar refractivity (Wildman–Crippen MR) is 102 cm³/mol. The van der Waals surface area contributed by atoms with E-state index in [1.807, 2.05) is 42.1 Å². The summed E-state index contributed by atoms with van der Waals surface area (Å²) in [4.78, 5) is 17.2. The topological polar surface area (TPSA) is 56.1 Å². The highest BCUT2D eigenvalue weighted by Crippen LogP contribution is 2.26. The Hall–Kier alpha value is -2.50. The molecule has 0 aliphatic rings. The summed E-state index contributed by atoms with van der Waals surface area (Å²) >= 11 is 12.0. The Morgan fingerprint density at radius 3 is 2.65 bits per heavy atom. The standard InChI is InChI=1S/C19H17Cl2N3O2/c1-24-9-8-22-18(24)17(12-4-3-5-14(10-12)26-2)23-19(25)13-6-7-15(20)16(21)11-13/h3-11,17H,1-2H3,(H,23,25). The van der Waals surface area contributed by atoms with Gasteiger partial charge in [0.2, 0.25) is 0 Å². The largest absolute Gasteiger partial charge is 0.497 e. The highest BCUT2D eigenvalue weighted by Gasteiger charge is 2.22. The van der Waals surface area contributed by atoms with Gasteiger partial charge in [0.05, 0.1) is 17.2 Å². The van der Waals surface area contributed by atoms with Gasteiger partial charge in [-0.3, -0.25) is 4.79 Å². The van der Waals surface area contributed by atoms with Crippen LogP contribution in [-0.4, -0.2) is 22.6 Å². The molecular formula is C19H17Cl2N3O2. The van der Waals surface area contributed by atoms with Crippen molar-refractivity contribution in [3.05, 3.63) is 81.9 Å². The van der Waals surface area contributed by atoms with Crippen molar-refractivity contribution in [3.8, 4) is 5.75 Å². The summed E-state index contributed by atoms with van der Waals surface area (Å²) in [6.07, 6.45) is 3.52. The number of imidazole rings is 1. The molecule has 1 heterocycles. The molecule has 1 atom stereocenters. The van der Waals surface area contributed by atoms with Gasteiger partial charge in [-0.05, 0) is 35.9 Å². The molecule has 7 heteroatoms. The quantitative estimate of drug-likeness (QED) is 0.709. The van der Waals surface area contributed by atoms with Crippen molar-refractivity contribution in [2.45, 2.75) is 6.04 Å². The molecule has 3 rings (SSSR count). The molecule has 5 nitrogen and oxygen atoms in total. The number of aryl methyl sites for hydroxylation is 1. The Labute approximate surface area is 161 Å². The number of rotatable bonds is 5. The molecule has 0 aliphatic heterocycles. The lowest BCUT2D eigenvalue weighted by molar-refractivity contribution is 0.0941. The Morgan fingerprint density at radius 1 is 1.19 bits per heavy atom. The number of halogens is 2. The fraction of sp³-hybridized carbons (Fsp3) is 0.158. The number of carbonyl (C=O) groups is 1. The van der Waals surface area contributed by atoms with Crippen LogP contribution < -0.4 is 10.1 Å². The number of methoxy groups -OCH3 is 1. The van der Waals surface area contributed by atoms with Crippen LogP contribution in [0.4, 0.5) is 0 Å². The Balaban J connectivity index is 1.97. The maximum absolute atomic E-state index is 12.8. The first-order valence-corrected chi connectivity index (χ1v) is 8.62. The number of aromatic nitrogens is 2. The molecule has 0 saturated carbocycles. The van der Waals surface area contributed by atoms with E-state index in [9.17, 15) is 4.79 Å². The van der Waals surface area contributed by atoms with E-state index in [-0.39, 0.29) is 5.91 Å². The molecule has 0 spiro atoms. The van der Waals surface area contributed by atoms with Crippen molar-refractivity contribution in [2.24, 2.45) is 7.05 Å². The molecule has 0 radical (unpaired) electrons. The van der Waals surface area contributed by atoms with Crippen molar-refractivity contribution < 1.29 is 9.53 Å².